The molecule has 0 fully saturated rings. The number of nitrogens with zero attached hydrogens (tertiary/aromatic N) is 1. The summed E-state index contributed by atoms with van der Waals surface area (Å²) in [6.45, 7) is 0. The highest BCUT2D eigenvalue weighted by molar-refractivity contribution is 5.99. The van der Waals surface area contributed by atoms with Gasteiger partial charge in [0.05, 0.1) is 16.1 Å². The van der Waals surface area contributed by atoms with Gasteiger partial charge in [0, 0.05) is 23.3 Å². The Bertz CT molecular complexity index is 1480. The van der Waals surface area contributed by atoms with E-state index in [-0.39, 0.29) is 17.7 Å². The zero-order chi connectivity index (χ0) is 26.2. The first-order valence-corrected chi connectivity index (χ1v) is 10.5. The van der Waals surface area contributed by atoms with E-state index >= 15 is 4.39 Å². The highest BCUT2D eigenvalue weighted by Gasteiger charge is 2.45. The molecular weight excluding hydrogens is 504 g/mol. The average molecular weight is 516 g/mol. The summed E-state index contributed by atoms with van der Waals surface area (Å²) < 4.78 is 90.9. The van der Waals surface area contributed by atoms with Crippen molar-refractivity contribution >= 4 is 16.2 Å². The van der Waals surface area contributed by atoms with Gasteiger partial charge in [-0.3, -0.25) is 10.1 Å². The van der Waals surface area contributed by atoms with Crippen molar-refractivity contribution in [2.45, 2.75) is 5.60 Å². The number of rotatable bonds is 6. The Kier molecular flexibility index (Phi) is 6.70. The first-order valence-electron chi connectivity index (χ1n) is 10.1. The molecule has 11 heteroatoms. The minimum absolute atomic E-state index is 0.0379. The van der Waals surface area contributed by atoms with Crippen LogP contribution in [-0.2, 0) is 10.0 Å². The van der Waals surface area contributed by atoms with Crippen molar-refractivity contribution in [2.24, 2.45) is 0 Å². The number of hydrogen-bond donors (Lipinski definition) is 0. The zero-order valence-electron chi connectivity index (χ0n) is 17.9. The van der Waals surface area contributed by atoms with Gasteiger partial charge in [-0.1, -0.05) is 36.4 Å². The van der Waals surface area contributed by atoms with E-state index in [2.05, 4.69) is 10.5 Å². The second kappa shape index (κ2) is 9.59. The summed E-state index contributed by atoms with van der Waals surface area (Å²) in [6, 6.07) is 12.1. The number of para-hydroxylation sites is 1. The molecular formula is C25H12F6NO3Si. The maximum absolute atomic E-state index is 15.2. The molecule has 1 atom stereocenters. The summed E-state index contributed by atoms with van der Waals surface area (Å²) >= 11 is 0. The third-order valence-corrected chi connectivity index (χ3v) is 5.93. The van der Waals surface area contributed by atoms with Crippen LogP contribution in [0.2, 0.25) is 0 Å². The Morgan fingerprint density at radius 1 is 0.667 bits per heavy atom. The van der Waals surface area contributed by atoms with Crippen LogP contribution in [-0.4, -0.2) is 15.4 Å². The fourth-order valence-electron chi connectivity index (χ4n) is 4.06. The van der Waals surface area contributed by atoms with Crippen molar-refractivity contribution in [3.05, 3.63) is 135 Å². The van der Waals surface area contributed by atoms with E-state index in [4.69, 9.17) is 4.43 Å². The molecule has 4 rings (SSSR count). The summed E-state index contributed by atoms with van der Waals surface area (Å²) in [4.78, 5) is 11.4. The van der Waals surface area contributed by atoms with E-state index in [0.29, 0.717) is 12.1 Å². The molecule has 0 aliphatic rings. The largest absolute Gasteiger partial charge is 0.401 e. The van der Waals surface area contributed by atoms with E-state index < -0.39 is 73.4 Å². The van der Waals surface area contributed by atoms with Crippen LogP contribution in [0.25, 0.3) is 11.1 Å². The standard InChI is InChI=1S/C25H12F6NO3Si/c26-18-11-22(30)20(28)9-15(18)14-7-4-8-16(24(14)32(33)34)25(35-36,13-5-2-1-3-6-13)17-10-21(29)23(31)12-19(17)27/h1-12H. The SMILES string of the molecule is O=[N+]([O-])c1c(-c2cc(F)c(F)cc2F)cccc1C(O[Si])(c1ccccc1)c1cc(F)c(F)cc1F. The lowest BCUT2D eigenvalue weighted by Gasteiger charge is -2.35. The van der Waals surface area contributed by atoms with Gasteiger partial charge in [0.15, 0.2) is 23.3 Å². The first kappa shape index (κ1) is 25.1. The minimum Gasteiger partial charge on any atom is -0.401 e. The molecule has 0 saturated heterocycles. The topological polar surface area (TPSA) is 52.4 Å². The molecule has 0 saturated carbocycles. The smallest absolute Gasteiger partial charge is 0.284 e. The molecule has 0 aromatic heterocycles. The molecule has 0 aliphatic carbocycles. The minimum atomic E-state index is -2.33. The van der Waals surface area contributed by atoms with E-state index in [1.54, 1.807) is 6.07 Å². The van der Waals surface area contributed by atoms with Crippen molar-refractivity contribution in [1.29, 1.82) is 0 Å². The van der Waals surface area contributed by atoms with Crippen molar-refractivity contribution in [3.63, 3.8) is 0 Å². The number of hydrogen-bond acceptors (Lipinski definition) is 3. The Morgan fingerprint density at radius 3 is 1.86 bits per heavy atom. The second-order valence-electron chi connectivity index (χ2n) is 7.60. The molecule has 181 valence electrons. The monoisotopic (exact) mass is 516 g/mol. The molecule has 0 amide bonds. The lowest BCUT2D eigenvalue weighted by Crippen LogP contribution is -2.34. The van der Waals surface area contributed by atoms with Crippen molar-refractivity contribution in [1.82, 2.24) is 0 Å². The number of nitro benzene ring substituents is 1. The quantitative estimate of drug-likeness (QED) is 0.0736. The van der Waals surface area contributed by atoms with Gasteiger partial charge in [-0.15, -0.1) is 0 Å². The molecule has 1 unspecified atom stereocenters. The van der Waals surface area contributed by atoms with Gasteiger partial charge in [0.25, 0.3) is 5.69 Å². The molecule has 0 N–H and O–H groups in total. The summed E-state index contributed by atoms with van der Waals surface area (Å²) in [5, 5.41) is 12.3. The van der Waals surface area contributed by atoms with Crippen LogP contribution in [0.1, 0.15) is 16.7 Å². The van der Waals surface area contributed by atoms with E-state index in [1.165, 1.54) is 30.3 Å². The first-order chi connectivity index (χ1) is 17.1. The third kappa shape index (κ3) is 4.05. The Hall–Kier alpha value is -3.96. The molecule has 4 aromatic carbocycles. The van der Waals surface area contributed by atoms with Gasteiger partial charge in [-0.25, -0.2) is 26.3 Å². The Balaban J connectivity index is 2.17. The van der Waals surface area contributed by atoms with E-state index in [0.717, 1.165) is 12.1 Å². The summed E-state index contributed by atoms with van der Waals surface area (Å²) in [7, 11) is 2.83. The highest BCUT2D eigenvalue weighted by Crippen LogP contribution is 2.48. The maximum Gasteiger partial charge on any atom is 0.284 e. The van der Waals surface area contributed by atoms with Gasteiger partial charge in [0.1, 0.15) is 17.2 Å². The van der Waals surface area contributed by atoms with Gasteiger partial charge in [-0.2, -0.15) is 0 Å². The van der Waals surface area contributed by atoms with E-state index in [1.807, 2.05) is 0 Å². The fraction of sp³-hybridized carbons (Fsp3) is 0.0400. The predicted molar refractivity (Wildman–Crippen MR) is 118 cm³/mol. The number of benzene rings is 4. The van der Waals surface area contributed by atoms with Crippen molar-refractivity contribution < 1.29 is 35.7 Å². The Morgan fingerprint density at radius 2 is 1.25 bits per heavy atom. The van der Waals surface area contributed by atoms with Crippen molar-refractivity contribution in [2.75, 3.05) is 0 Å². The number of nitro groups is 1. The molecule has 4 nitrogen and oxygen atoms in total. The van der Waals surface area contributed by atoms with Crippen LogP contribution in [0.5, 0.6) is 0 Å². The lowest BCUT2D eigenvalue weighted by molar-refractivity contribution is -0.385. The molecule has 0 spiro atoms. The van der Waals surface area contributed by atoms with Crippen LogP contribution in [0, 0.1) is 45.0 Å². The number of halogens is 6. The second-order valence-corrected chi connectivity index (χ2v) is 7.80. The summed E-state index contributed by atoms with van der Waals surface area (Å²) in [5.41, 5.74) is -5.44. The summed E-state index contributed by atoms with van der Waals surface area (Å²) in [6.07, 6.45) is 0. The normalized spacial score (nSPS) is 12.9. The predicted octanol–water partition coefficient (Wildman–Crippen LogP) is 6.49. The van der Waals surface area contributed by atoms with Crippen LogP contribution in [0.3, 0.4) is 0 Å². The molecule has 3 radical (unpaired) electrons. The average Bonchev–Trinajstić information content (AvgIpc) is 2.85. The van der Waals surface area contributed by atoms with E-state index in [9.17, 15) is 32.1 Å². The van der Waals surface area contributed by atoms with Gasteiger partial charge in [-0.05, 0) is 29.8 Å². The molecule has 36 heavy (non-hydrogen) atoms. The fourth-order valence-corrected chi connectivity index (χ4v) is 4.40. The van der Waals surface area contributed by atoms with Crippen LogP contribution < -0.4 is 0 Å². The zero-order valence-corrected chi connectivity index (χ0v) is 18.9. The summed E-state index contributed by atoms with van der Waals surface area (Å²) in [5.74, 6) is -8.59. The van der Waals surface area contributed by atoms with Crippen LogP contribution in [0.4, 0.5) is 32.0 Å². The maximum atomic E-state index is 15.2. The van der Waals surface area contributed by atoms with Gasteiger partial charge in [0.2, 0.25) is 10.5 Å². The van der Waals surface area contributed by atoms with Gasteiger partial charge >= 0.3 is 0 Å². The molecule has 4 aromatic rings. The third-order valence-electron chi connectivity index (χ3n) is 5.62. The van der Waals surface area contributed by atoms with Crippen LogP contribution >= 0.6 is 0 Å². The Labute approximate surface area is 203 Å². The van der Waals surface area contributed by atoms with Crippen LogP contribution in [0.15, 0.2) is 72.8 Å². The van der Waals surface area contributed by atoms with Crippen molar-refractivity contribution in [3.8, 4) is 11.1 Å². The highest BCUT2D eigenvalue weighted by atomic mass is 28.2. The molecule has 0 aliphatic heterocycles. The molecule has 0 bridgehead atoms. The van der Waals surface area contributed by atoms with Gasteiger partial charge < -0.3 is 4.43 Å². The molecule has 0 heterocycles. The lowest BCUT2D eigenvalue weighted by atomic mass is 9.78.